The van der Waals surface area contributed by atoms with E-state index in [4.69, 9.17) is 4.52 Å². The molecule has 0 fully saturated rings. The quantitative estimate of drug-likeness (QED) is 0.681. The summed E-state index contributed by atoms with van der Waals surface area (Å²) < 4.78 is 5.38. The van der Waals surface area contributed by atoms with Crippen molar-refractivity contribution in [2.75, 3.05) is 0 Å². The van der Waals surface area contributed by atoms with E-state index in [2.05, 4.69) is 36.3 Å². The third-order valence-electron chi connectivity index (χ3n) is 2.93. The first-order valence-electron chi connectivity index (χ1n) is 5.96. The van der Waals surface area contributed by atoms with E-state index in [0.29, 0.717) is 0 Å². The molecule has 0 amide bonds. The van der Waals surface area contributed by atoms with E-state index < -0.39 is 0 Å². The van der Waals surface area contributed by atoms with Gasteiger partial charge in [0.2, 0.25) is 0 Å². The molecular formula is C15H13NOS. The van der Waals surface area contributed by atoms with E-state index in [1.54, 1.807) is 11.3 Å². The summed E-state index contributed by atoms with van der Waals surface area (Å²) >= 11 is 1.66. The van der Waals surface area contributed by atoms with Crippen LogP contribution in [0.1, 0.15) is 12.5 Å². The smallest absolute Gasteiger partial charge is 0.177 e. The molecule has 2 aromatic heterocycles. The van der Waals surface area contributed by atoms with Crippen molar-refractivity contribution >= 4 is 11.3 Å². The zero-order chi connectivity index (χ0) is 12.4. The second-order valence-corrected chi connectivity index (χ2v) is 5.05. The molecule has 0 saturated heterocycles. The predicted molar refractivity (Wildman–Crippen MR) is 74.6 cm³/mol. The maximum absolute atomic E-state index is 5.38. The molecule has 1 aromatic carbocycles. The molecule has 0 unspecified atom stereocenters. The van der Waals surface area contributed by atoms with Crippen LogP contribution in [-0.2, 0) is 6.42 Å². The van der Waals surface area contributed by atoms with Crippen molar-refractivity contribution in [1.82, 2.24) is 5.16 Å². The largest absolute Gasteiger partial charge is 0.355 e. The predicted octanol–water partition coefficient (Wildman–Crippen LogP) is 4.63. The molecule has 0 aliphatic rings. The number of hydrogen-bond donors (Lipinski definition) is 0. The van der Waals surface area contributed by atoms with Crippen molar-refractivity contribution in [3.63, 3.8) is 0 Å². The molecule has 0 atom stereocenters. The van der Waals surface area contributed by atoms with Crippen LogP contribution in [0, 0.1) is 0 Å². The van der Waals surface area contributed by atoms with Crippen LogP contribution in [0.3, 0.4) is 0 Å². The average molecular weight is 255 g/mol. The summed E-state index contributed by atoms with van der Waals surface area (Å²) in [6.07, 6.45) is 1.06. The molecule has 0 radical (unpaired) electrons. The second-order valence-electron chi connectivity index (χ2n) is 4.10. The van der Waals surface area contributed by atoms with Crippen LogP contribution in [0.2, 0.25) is 0 Å². The number of aryl methyl sites for hydroxylation is 1. The summed E-state index contributed by atoms with van der Waals surface area (Å²) in [4.78, 5) is 1.11. The second kappa shape index (κ2) is 4.78. The Kier molecular flexibility index (Phi) is 2.99. The molecule has 3 rings (SSSR count). The molecule has 90 valence electrons. The molecule has 2 nitrogen and oxygen atoms in total. The van der Waals surface area contributed by atoms with Gasteiger partial charge >= 0.3 is 0 Å². The Labute approximate surface area is 110 Å². The lowest BCUT2D eigenvalue weighted by atomic mass is 10.1. The van der Waals surface area contributed by atoms with Crippen molar-refractivity contribution in [3.8, 4) is 21.9 Å². The SMILES string of the molecule is CCc1ccc(-c2cc(-c3cccs3)on2)cc1. The van der Waals surface area contributed by atoms with E-state index in [1.165, 1.54) is 5.56 Å². The van der Waals surface area contributed by atoms with Crippen molar-refractivity contribution in [3.05, 3.63) is 53.4 Å². The molecule has 0 spiro atoms. The molecular weight excluding hydrogens is 242 g/mol. The summed E-state index contributed by atoms with van der Waals surface area (Å²) in [5, 5.41) is 6.16. The third-order valence-corrected chi connectivity index (χ3v) is 3.82. The number of thiophene rings is 1. The lowest BCUT2D eigenvalue weighted by Crippen LogP contribution is -1.80. The number of aromatic nitrogens is 1. The number of rotatable bonds is 3. The van der Waals surface area contributed by atoms with Crippen LogP contribution in [0.5, 0.6) is 0 Å². The van der Waals surface area contributed by atoms with Crippen LogP contribution >= 0.6 is 11.3 Å². The van der Waals surface area contributed by atoms with Gasteiger partial charge in [0.15, 0.2) is 5.76 Å². The van der Waals surface area contributed by atoms with Gasteiger partial charge in [-0.15, -0.1) is 11.3 Å². The van der Waals surface area contributed by atoms with Gasteiger partial charge in [-0.2, -0.15) is 0 Å². The van der Waals surface area contributed by atoms with E-state index in [1.807, 2.05) is 23.6 Å². The van der Waals surface area contributed by atoms with E-state index in [0.717, 1.165) is 28.3 Å². The topological polar surface area (TPSA) is 26.0 Å². The van der Waals surface area contributed by atoms with Crippen LogP contribution in [0.4, 0.5) is 0 Å². The Morgan fingerprint density at radius 2 is 2.00 bits per heavy atom. The molecule has 3 heteroatoms. The Morgan fingerprint density at radius 3 is 2.67 bits per heavy atom. The van der Waals surface area contributed by atoms with Gasteiger partial charge in [-0.3, -0.25) is 0 Å². The average Bonchev–Trinajstić information content (AvgIpc) is 3.09. The van der Waals surface area contributed by atoms with Crippen LogP contribution in [0.15, 0.2) is 52.4 Å². The fourth-order valence-electron chi connectivity index (χ4n) is 1.86. The summed E-state index contributed by atoms with van der Waals surface area (Å²) in [7, 11) is 0. The van der Waals surface area contributed by atoms with E-state index >= 15 is 0 Å². The molecule has 0 aliphatic carbocycles. The van der Waals surface area contributed by atoms with Gasteiger partial charge in [-0.1, -0.05) is 42.4 Å². The minimum Gasteiger partial charge on any atom is -0.355 e. The van der Waals surface area contributed by atoms with Crippen LogP contribution < -0.4 is 0 Å². The summed E-state index contributed by atoms with van der Waals surface area (Å²) in [5.41, 5.74) is 3.32. The molecule has 18 heavy (non-hydrogen) atoms. The summed E-state index contributed by atoms with van der Waals surface area (Å²) in [5.74, 6) is 0.833. The first kappa shape index (κ1) is 11.2. The lowest BCUT2D eigenvalue weighted by Gasteiger charge is -1.97. The molecule has 0 N–H and O–H groups in total. The number of benzene rings is 1. The van der Waals surface area contributed by atoms with Gasteiger partial charge in [0.1, 0.15) is 5.69 Å². The fourth-order valence-corrected chi connectivity index (χ4v) is 2.53. The minimum atomic E-state index is 0.833. The van der Waals surface area contributed by atoms with Crippen molar-refractivity contribution in [2.45, 2.75) is 13.3 Å². The van der Waals surface area contributed by atoms with Crippen LogP contribution in [0.25, 0.3) is 21.9 Å². The maximum Gasteiger partial charge on any atom is 0.177 e. The van der Waals surface area contributed by atoms with Gasteiger partial charge < -0.3 is 4.52 Å². The summed E-state index contributed by atoms with van der Waals surface area (Å²) in [6, 6.07) is 14.5. The minimum absolute atomic E-state index is 0.833. The number of nitrogens with zero attached hydrogens (tertiary/aromatic N) is 1. The third kappa shape index (κ3) is 2.09. The lowest BCUT2D eigenvalue weighted by molar-refractivity contribution is 0.436. The molecule has 3 aromatic rings. The highest BCUT2D eigenvalue weighted by Crippen LogP contribution is 2.29. The molecule has 2 heterocycles. The number of hydrogen-bond acceptors (Lipinski definition) is 3. The first-order valence-corrected chi connectivity index (χ1v) is 6.84. The van der Waals surface area contributed by atoms with Gasteiger partial charge in [0.25, 0.3) is 0 Å². The van der Waals surface area contributed by atoms with Crippen molar-refractivity contribution in [1.29, 1.82) is 0 Å². The Morgan fingerprint density at radius 1 is 1.17 bits per heavy atom. The summed E-state index contributed by atoms with van der Waals surface area (Å²) in [6.45, 7) is 2.15. The van der Waals surface area contributed by atoms with Crippen LogP contribution in [-0.4, -0.2) is 5.16 Å². The zero-order valence-corrected chi connectivity index (χ0v) is 10.9. The first-order chi connectivity index (χ1) is 8.86. The van der Waals surface area contributed by atoms with Gasteiger partial charge in [-0.25, -0.2) is 0 Å². The maximum atomic E-state index is 5.38. The van der Waals surface area contributed by atoms with E-state index in [-0.39, 0.29) is 0 Å². The molecule has 0 saturated carbocycles. The highest BCUT2D eigenvalue weighted by molar-refractivity contribution is 7.13. The Balaban J connectivity index is 1.92. The molecule has 0 bridgehead atoms. The van der Waals surface area contributed by atoms with Gasteiger partial charge in [0, 0.05) is 11.6 Å². The standard InChI is InChI=1S/C15H13NOS/c1-2-11-5-7-12(8-6-11)13-10-14(17-16-13)15-4-3-9-18-15/h3-10H,2H2,1H3. The normalized spacial score (nSPS) is 10.7. The monoisotopic (exact) mass is 255 g/mol. The Hall–Kier alpha value is -1.87. The molecule has 0 aliphatic heterocycles. The van der Waals surface area contributed by atoms with Gasteiger partial charge in [0.05, 0.1) is 4.88 Å². The van der Waals surface area contributed by atoms with Crippen molar-refractivity contribution < 1.29 is 4.52 Å². The zero-order valence-electron chi connectivity index (χ0n) is 10.1. The van der Waals surface area contributed by atoms with Gasteiger partial charge in [-0.05, 0) is 23.4 Å². The van der Waals surface area contributed by atoms with E-state index in [9.17, 15) is 0 Å². The highest BCUT2D eigenvalue weighted by Gasteiger charge is 2.08. The fraction of sp³-hybridized carbons (Fsp3) is 0.133. The highest BCUT2D eigenvalue weighted by atomic mass is 32.1. The van der Waals surface area contributed by atoms with Crippen molar-refractivity contribution in [2.24, 2.45) is 0 Å². The Bertz CT molecular complexity index is 623.